The van der Waals surface area contributed by atoms with Gasteiger partial charge in [-0.3, -0.25) is 19.6 Å². The van der Waals surface area contributed by atoms with Gasteiger partial charge in [-0.05, 0) is 116 Å². The molecule has 2 N–H and O–H groups in total. The third kappa shape index (κ3) is 12.1. The number of benzene rings is 3. The number of fused-ring (bicyclic) bond motifs is 1. The Morgan fingerprint density at radius 2 is 1.56 bits per heavy atom. The van der Waals surface area contributed by atoms with Crippen LogP contribution in [0.25, 0.3) is 32.7 Å². The van der Waals surface area contributed by atoms with Crippen molar-refractivity contribution in [3.63, 3.8) is 0 Å². The summed E-state index contributed by atoms with van der Waals surface area (Å²) in [6, 6.07) is 27.4. The Kier molecular flexibility index (Phi) is 15.9. The molecule has 1 aliphatic heterocycles. The summed E-state index contributed by atoms with van der Waals surface area (Å²) in [5.74, 6) is -0.941. The molecule has 0 bridgehead atoms. The first kappa shape index (κ1) is 53.8. The number of nitrogens with one attached hydrogen (secondary N) is 2. The molecule has 3 aromatic carbocycles. The molecule has 13 nitrogen and oxygen atoms in total. The van der Waals surface area contributed by atoms with Crippen LogP contribution in [-0.2, 0) is 42.9 Å². The van der Waals surface area contributed by atoms with E-state index in [1.807, 2.05) is 76.2 Å². The van der Waals surface area contributed by atoms with Gasteiger partial charge in [0.1, 0.15) is 35.1 Å². The molecule has 0 radical (unpaired) electrons. The number of rotatable bonds is 15. The summed E-state index contributed by atoms with van der Waals surface area (Å²) >= 11 is 1.06. The highest BCUT2D eigenvalue weighted by atomic mass is 32.1. The van der Waals surface area contributed by atoms with Crippen molar-refractivity contribution in [3.8, 4) is 21.8 Å². The lowest BCUT2D eigenvalue weighted by Gasteiger charge is -2.48. The fourth-order valence-corrected chi connectivity index (χ4v) is 15.2. The minimum Gasteiger partial charge on any atom is -0.468 e. The molecular weight excluding hydrogens is 960 g/mol. The number of pyridine rings is 1. The van der Waals surface area contributed by atoms with Gasteiger partial charge in [0.2, 0.25) is 0 Å². The molecule has 384 valence electrons. The molecule has 2 atom stereocenters. The molecular formula is C54H66F3N7O6SSi. The lowest BCUT2D eigenvalue weighted by atomic mass is 9.91. The van der Waals surface area contributed by atoms with Crippen LogP contribution in [0.1, 0.15) is 105 Å². The number of methoxy groups -OCH3 is 1. The second-order valence-electron chi connectivity index (χ2n) is 21.3. The van der Waals surface area contributed by atoms with Crippen LogP contribution in [0.15, 0.2) is 97.2 Å². The van der Waals surface area contributed by atoms with E-state index in [0.717, 1.165) is 21.9 Å². The zero-order chi connectivity index (χ0) is 52.4. The normalized spacial score (nSPS) is 15.4. The van der Waals surface area contributed by atoms with Gasteiger partial charge in [-0.15, -0.1) is 0 Å². The number of hydrazine groups is 1. The zero-order valence-electron chi connectivity index (χ0n) is 42.9. The SMILES string of the molecule is COC(=O)[C@@H]1CCCN(C(=O)[C@H](Cc2nsc(-c3ccc4c(c3)c(CC(C)(C)O[Si](c3ccccc3)(c3ccccc3)C(C)(C)C)c(-c3cccnc3C(C)C)n4CC(F)(F)F)n2)NC(=O)OC(C)(C)C)N1. The van der Waals surface area contributed by atoms with Crippen LogP contribution in [0.2, 0.25) is 5.04 Å². The molecule has 1 fully saturated rings. The predicted octanol–water partition coefficient (Wildman–Crippen LogP) is 9.91. The van der Waals surface area contributed by atoms with Crippen LogP contribution in [0, 0.1) is 0 Å². The maximum Gasteiger partial charge on any atom is 0.408 e. The van der Waals surface area contributed by atoms with Crippen LogP contribution in [0.4, 0.5) is 18.0 Å². The Morgan fingerprint density at radius 3 is 2.14 bits per heavy atom. The van der Waals surface area contributed by atoms with Crippen LogP contribution < -0.4 is 21.1 Å². The first-order chi connectivity index (χ1) is 33.8. The molecule has 4 heterocycles. The average Bonchev–Trinajstić information content (AvgIpc) is 3.90. The number of amides is 2. The Labute approximate surface area is 425 Å². The molecule has 0 aliphatic carbocycles. The van der Waals surface area contributed by atoms with Gasteiger partial charge in [-0.25, -0.2) is 15.2 Å². The minimum absolute atomic E-state index is 0.122. The standard InChI is InChI=1S/C54H66F3N7O6SSi/c1-34(2)45-38(24-18-28-58-45)46-40(32-53(9,10)70-72(52(6,7)8,36-20-14-12-15-21-36)37-22-16-13-17-23-37)39-30-35(26-27-43(39)63(46)33-54(55,56)57)47-60-44(62-71-47)31-42(59-50(67)69-51(3,4)5)48(65)64-29-19-25-41(61-64)49(66)68-11/h12-18,20-24,26-28,30,34,41-42,61H,19,25,29,31-33H2,1-11H3,(H,59,67)/t41-,42-/m0/s1. The van der Waals surface area contributed by atoms with Crippen molar-refractivity contribution in [2.75, 3.05) is 13.7 Å². The van der Waals surface area contributed by atoms with Crippen molar-refractivity contribution in [2.24, 2.45) is 0 Å². The summed E-state index contributed by atoms with van der Waals surface area (Å²) in [7, 11) is -1.92. The van der Waals surface area contributed by atoms with Gasteiger partial charge in [0, 0.05) is 47.6 Å². The molecule has 6 aromatic rings. The van der Waals surface area contributed by atoms with E-state index in [4.69, 9.17) is 23.9 Å². The Balaban J connectivity index is 1.36. The largest absolute Gasteiger partial charge is 0.468 e. The molecule has 72 heavy (non-hydrogen) atoms. The average molecular weight is 1030 g/mol. The monoisotopic (exact) mass is 1030 g/mol. The van der Waals surface area contributed by atoms with Gasteiger partial charge in [-0.2, -0.15) is 17.5 Å². The third-order valence-corrected chi connectivity index (χ3v) is 18.7. The zero-order valence-corrected chi connectivity index (χ0v) is 44.8. The quantitative estimate of drug-likeness (QED) is 0.0752. The molecule has 18 heteroatoms. The second kappa shape index (κ2) is 21.3. The minimum atomic E-state index is -4.59. The molecule has 0 spiro atoms. The molecule has 3 aromatic heterocycles. The maximum atomic E-state index is 15.0. The van der Waals surface area contributed by atoms with Crippen LogP contribution in [0.3, 0.4) is 0 Å². The number of alkyl halides is 3. The van der Waals surface area contributed by atoms with E-state index < -0.39 is 67.3 Å². The van der Waals surface area contributed by atoms with Crippen LogP contribution in [0.5, 0.6) is 0 Å². The number of halogens is 3. The number of carbonyl (C=O) groups is 3. The van der Waals surface area contributed by atoms with Crippen LogP contribution in [-0.4, -0.2) is 93.3 Å². The number of esters is 1. The van der Waals surface area contributed by atoms with Gasteiger partial charge in [0.25, 0.3) is 14.2 Å². The maximum absolute atomic E-state index is 15.0. The number of hydrogen-bond donors (Lipinski definition) is 2. The van der Waals surface area contributed by atoms with Crippen LogP contribution >= 0.6 is 11.5 Å². The van der Waals surface area contributed by atoms with E-state index >= 15 is 13.2 Å². The summed E-state index contributed by atoms with van der Waals surface area (Å²) in [5, 5.41) is 6.76. The van der Waals surface area contributed by atoms with E-state index in [-0.39, 0.29) is 31.1 Å². The van der Waals surface area contributed by atoms with E-state index in [1.165, 1.54) is 16.7 Å². The molecule has 2 amide bonds. The van der Waals surface area contributed by atoms with Crippen molar-refractivity contribution >= 4 is 59.1 Å². The van der Waals surface area contributed by atoms with E-state index in [1.54, 1.807) is 45.2 Å². The van der Waals surface area contributed by atoms with Gasteiger partial charge in [-0.1, -0.05) is 95.3 Å². The number of alkyl carbamates (subject to hydrolysis) is 1. The number of nitrogens with zero attached hydrogens (tertiary/aromatic N) is 5. The first-order valence-corrected chi connectivity index (χ1v) is 26.9. The van der Waals surface area contributed by atoms with Gasteiger partial charge < -0.3 is 23.8 Å². The van der Waals surface area contributed by atoms with Gasteiger partial charge in [0.05, 0.1) is 24.1 Å². The van der Waals surface area contributed by atoms with Crippen molar-refractivity contribution in [1.29, 1.82) is 0 Å². The van der Waals surface area contributed by atoms with E-state index in [0.29, 0.717) is 56.8 Å². The number of ether oxygens (including phenoxy) is 2. The number of hydrogen-bond acceptors (Lipinski definition) is 11. The smallest absolute Gasteiger partial charge is 0.408 e. The van der Waals surface area contributed by atoms with E-state index in [9.17, 15) is 14.4 Å². The number of carbonyl (C=O) groups excluding carboxylic acids is 3. The lowest BCUT2D eigenvalue weighted by molar-refractivity contribution is -0.150. The second-order valence-corrected chi connectivity index (χ2v) is 26.3. The fourth-order valence-electron chi connectivity index (χ4n) is 9.72. The summed E-state index contributed by atoms with van der Waals surface area (Å²) in [5.41, 5.74) is 4.39. The summed E-state index contributed by atoms with van der Waals surface area (Å²) < 4.78 is 69.2. The Bertz CT molecular complexity index is 2840. The van der Waals surface area contributed by atoms with Crippen molar-refractivity contribution in [1.82, 2.24) is 34.7 Å². The van der Waals surface area contributed by atoms with Crippen molar-refractivity contribution in [3.05, 3.63) is 114 Å². The molecule has 1 saturated heterocycles. The fraction of sp³-hybridized carbons (Fsp3) is 0.444. The first-order valence-electron chi connectivity index (χ1n) is 24.3. The van der Waals surface area contributed by atoms with Gasteiger partial charge in [0.15, 0.2) is 0 Å². The number of aromatic nitrogens is 4. The van der Waals surface area contributed by atoms with E-state index in [2.05, 4.69) is 60.2 Å². The lowest BCUT2D eigenvalue weighted by Crippen LogP contribution is -2.69. The summed E-state index contributed by atoms with van der Waals surface area (Å²) in [6.07, 6.45) is -2.70. The third-order valence-electron chi connectivity index (χ3n) is 12.6. The van der Waals surface area contributed by atoms with Crippen molar-refractivity contribution < 1.29 is 41.5 Å². The Hall–Kier alpha value is -5.95. The van der Waals surface area contributed by atoms with Gasteiger partial charge >= 0.3 is 18.2 Å². The highest BCUT2D eigenvalue weighted by molar-refractivity contribution is 7.09. The topological polar surface area (TPSA) is 150 Å². The molecule has 1 aliphatic rings. The highest BCUT2D eigenvalue weighted by Gasteiger charge is 2.53. The molecule has 0 saturated carbocycles. The molecule has 0 unspecified atom stereocenters. The predicted molar refractivity (Wildman–Crippen MR) is 277 cm³/mol. The summed E-state index contributed by atoms with van der Waals surface area (Å²) in [4.78, 5) is 49.4. The van der Waals surface area contributed by atoms with Crippen molar-refractivity contribution in [2.45, 2.75) is 142 Å². The summed E-state index contributed by atoms with van der Waals surface area (Å²) in [6.45, 7) is 18.7. The Morgan fingerprint density at radius 1 is 0.903 bits per heavy atom. The molecule has 7 rings (SSSR count). The highest BCUT2D eigenvalue weighted by Crippen LogP contribution is 2.45.